The normalized spacial score (nSPS) is 10.2. The highest BCUT2D eigenvalue weighted by molar-refractivity contribution is 5.95. The summed E-state index contributed by atoms with van der Waals surface area (Å²) in [7, 11) is 1.73. The zero-order valence-corrected chi connectivity index (χ0v) is 10.6. The molecule has 2 N–H and O–H groups in total. The van der Waals surface area contributed by atoms with Crippen LogP contribution in [0.1, 0.15) is 21.5 Å². The Hall–Kier alpha value is -2.05. The molecule has 1 rings (SSSR count). The Balaban J connectivity index is 0.000000459. The molecule has 0 aliphatic rings. The maximum Gasteiger partial charge on any atom is 0.446 e. The van der Waals surface area contributed by atoms with Crippen molar-refractivity contribution >= 4 is 17.9 Å². The fraction of sp³-hybridized carbons (Fsp3) is 0.333. The summed E-state index contributed by atoms with van der Waals surface area (Å²) in [5.74, 6) is -0.892. The van der Waals surface area contributed by atoms with Crippen molar-refractivity contribution in [3.8, 4) is 0 Å². The highest BCUT2D eigenvalue weighted by atomic mass is 19.4. The van der Waals surface area contributed by atoms with Gasteiger partial charge in [0.2, 0.25) is 6.29 Å². The molecule has 19 heavy (non-hydrogen) atoms. The van der Waals surface area contributed by atoms with Gasteiger partial charge in [-0.1, -0.05) is 6.07 Å². The number of hydrogen-bond donors (Lipinski definition) is 2. The molecular weight excluding hydrogens is 263 g/mol. The molecule has 0 unspecified atom stereocenters. The van der Waals surface area contributed by atoms with Crippen molar-refractivity contribution in [2.24, 2.45) is 0 Å². The summed E-state index contributed by atoms with van der Waals surface area (Å²) in [5.41, 5.74) is 2.95. The zero-order chi connectivity index (χ0) is 15.2. The third-order valence-electron chi connectivity index (χ3n) is 2.09. The topological polar surface area (TPSA) is 66.4 Å². The van der Waals surface area contributed by atoms with Crippen LogP contribution in [0.4, 0.5) is 18.9 Å². The summed E-state index contributed by atoms with van der Waals surface area (Å²) >= 11 is 0. The van der Waals surface area contributed by atoms with E-state index in [-0.39, 0.29) is 0 Å². The van der Waals surface area contributed by atoms with Gasteiger partial charge in [-0.25, -0.2) is 4.79 Å². The first kappa shape index (κ1) is 16.9. The molecule has 0 bridgehead atoms. The minimum absolute atomic E-state index is 0.333. The molecule has 0 aromatic heterocycles. The number of aldehydes is 1. The van der Waals surface area contributed by atoms with E-state index in [1.54, 1.807) is 13.1 Å². The number of nitrogens with one attached hydrogen (secondary N) is 1. The van der Waals surface area contributed by atoms with Crippen molar-refractivity contribution in [3.63, 3.8) is 0 Å². The van der Waals surface area contributed by atoms with E-state index in [9.17, 15) is 18.0 Å². The van der Waals surface area contributed by atoms with E-state index in [0.29, 0.717) is 11.3 Å². The Bertz CT molecular complexity index is 470. The number of aryl methyl sites for hydroxylation is 2. The number of carbonyl (C=O) groups excluding carboxylic acids is 1. The van der Waals surface area contributed by atoms with Crippen molar-refractivity contribution < 1.29 is 27.9 Å². The molecule has 0 aliphatic heterocycles. The van der Waals surface area contributed by atoms with Crippen LogP contribution in [-0.4, -0.2) is 30.6 Å². The van der Waals surface area contributed by atoms with E-state index in [4.69, 9.17) is 9.90 Å². The molecule has 0 fully saturated rings. The molecule has 0 spiro atoms. The quantitative estimate of drug-likeness (QED) is 0.816. The molecule has 0 radical (unpaired) electrons. The van der Waals surface area contributed by atoms with Crippen LogP contribution >= 0.6 is 0 Å². The Labute approximate surface area is 108 Å². The molecule has 1 aromatic carbocycles. The number of carboxylic acids is 1. The predicted molar refractivity (Wildman–Crippen MR) is 64.5 cm³/mol. The van der Waals surface area contributed by atoms with Gasteiger partial charge in [0.25, 0.3) is 0 Å². The Morgan fingerprint density at radius 1 is 1.32 bits per heavy atom. The molecule has 0 atom stereocenters. The van der Waals surface area contributed by atoms with Gasteiger partial charge in [0.1, 0.15) is 0 Å². The maximum atomic E-state index is 10.8. The van der Waals surface area contributed by atoms with Crippen LogP contribution < -0.4 is 5.32 Å². The Morgan fingerprint density at radius 3 is 2.11 bits per heavy atom. The van der Waals surface area contributed by atoms with Crippen molar-refractivity contribution in [1.82, 2.24) is 0 Å². The summed E-state index contributed by atoms with van der Waals surface area (Å²) in [4.78, 5) is 19.5. The predicted octanol–water partition coefficient (Wildman–Crippen LogP) is 2.79. The number of halogens is 3. The zero-order valence-electron chi connectivity index (χ0n) is 10.6. The standard InChI is InChI=1S/C10H13NO2.C2HF3O/c1-6-4-7(2)9(11-3)8(5-6)10(12)13;3-2(4,5)1-6/h4-5,11H,1-3H3,(H,12,13);1H. The van der Waals surface area contributed by atoms with Gasteiger partial charge >= 0.3 is 12.1 Å². The average molecular weight is 277 g/mol. The number of benzene rings is 1. The largest absolute Gasteiger partial charge is 0.478 e. The van der Waals surface area contributed by atoms with Gasteiger partial charge in [0, 0.05) is 7.05 Å². The third-order valence-corrected chi connectivity index (χ3v) is 2.09. The second kappa shape index (κ2) is 6.77. The Kier molecular flexibility index (Phi) is 6.04. The van der Waals surface area contributed by atoms with Crippen molar-refractivity contribution in [1.29, 1.82) is 0 Å². The number of rotatable bonds is 2. The lowest BCUT2D eigenvalue weighted by molar-refractivity contribution is -0.156. The Morgan fingerprint density at radius 2 is 1.79 bits per heavy atom. The molecule has 0 saturated heterocycles. The van der Waals surface area contributed by atoms with E-state index in [2.05, 4.69) is 5.32 Å². The average Bonchev–Trinajstić information content (AvgIpc) is 2.27. The molecule has 0 saturated carbocycles. The number of alkyl halides is 3. The third kappa shape index (κ3) is 5.89. The van der Waals surface area contributed by atoms with Crippen molar-refractivity contribution in [2.75, 3.05) is 12.4 Å². The molecule has 7 heteroatoms. The monoisotopic (exact) mass is 277 g/mol. The van der Waals surface area contributed by atoms with E-state index >= 15 is 0 Å². The van der Waals surface area contributed by atoms with Crippen LogP contribution in [0.2, 0.25) is 0 Å². The molecule has 0 amide bonds. The molecule has 0 heterocycles. The van der Waals surface area contributed by atoms with Crippen LogP contribution in [0.15, 0.2) is 12.1 Å². The smallest absolute Gasteiger partial charge is 0.446 e. The van der Waals surface area contributed by atoms with E-state index < -0.39 is 18.4 Å². The number of aromatic carboxylic acids is 1. The number of carboxylic acid groups (broad SMARTS) is 1. The van der Waals surface area contributed by atoms with Gasteiger partial charge in [0.15, 0.2) is 0 Å². The lowest BCUT2D eigenvalue weighted by Gasteiger charge is -2.09. The molecular formula is C12H14F3NO3. The molecule has 106 valence electrons. The molecule has 0 aliphatic carbocycles. The van der Waals surface area contributed by atoms with E-state index in [0.717, 1.165) is 11.1 Å². The van der Waals surface area contributed by atoms with Crippen LogP contribution in [0.3, 0.4) is 0 Å². The number of carbonyl (C=O) groups is 2. The highest BCUT2D eigenvalue weighted by Gasteiger charge is 2.24. The van der Waals surface area contributed by atoms with Crippen LogP contribution in [-0.2, 0) is 4.79 Å². The van der Waals surface area contributed by atoms with Crippen LogP contribution in [0.25, 0.3) is 0 Å². The summed E-state index contributed by atoms with van der Waals surface area (Å²) < 4.78 is 31.2. The van der Waals surface area contributed by atoms with Crippen molar-refractivity contribution in [2.45, 2.75) is 20.0 Å². The van der Waals surface area contributed by atoms with Crippen LogP contribution in [0, 0.1) is 13.8 Å². The first-order chi connectivity index (χ1) is 8.62. The van der Waals surface area contributed by atoms with E-state index in [1.807, 2.05) is 19.9 Å². The summed E-state index contributed by atoms with van der Waals surface area (Å²) in [6.07, 6.45) is -5.70. The van der Waals surface area contributed by atoms with Crippen LogP contribution in [0.5, 0.6) is 0 Å². The fourth-order valence-corrected chi connectivity index (χ4v) is 1.47. The molecule has 4 nitrogen and oxygen atoms in total. The van der Waals surface area contributed by atoms with Gasteiger partial charge in [-0.3, -0.25) is 4.79 Å². The van der Waals surface area contributed by atoms with Gasteiger partial charge in [-0.15, -0.1) is 0 Å². The minimum atomic E-state index is -4.64. The fourth-order valence-electron chi connectivity index (χ4n) is 1.47. The first-order valence-electron chi connectivity index (χ1n) is 5.17. The number of hydrogen-bond acceptors (Lipinski definition) is 3. The van der Waals surface area contributed by atoms with E-state index in [1.165, 1.54) is 0 Å². The maximum absolute atomic E-state index is 10.8. The van der Waals surface area contributed by atoms with Gasteiger partial charge in [-0.2, -0.15) is 13.2 Å². The van der Waals surface area contributed by atoms with Gasteiger partial charge < -0.3 is 10.4 Å². The van der Waals surface area contributed by atoms with Gasteiger partial charge in [0.05, 0.1) is 11.3 Å². The molecule has 1 aromatic rings. The highest BCUT2D eigenvalue weighted by Crippen LogP contribution is 2.21. The second-order valence-corrected chi connectivity index (χ2v) is 3.72. The second-order valence-electron chi connectivity index (χ2n) is 3.72. The SMILES string of the molecule is CNc1c(C)cc(C)cc1C(=O)O.O=CC(F)(F)F. The lowest BCUT2D eigenvalue weighted by atomic mass is 10.0. The summed E-state index contributed by atoms with van der Waals surface area (Å²) in [6.45, 7) is 3.78. The lowest BCUT2D eigenvalue weighted by Crippen LogP contribution is -2.07. The summed E-state index contributed by atoms with van der Waals surface area (Å²) in [5, 5.41) is 11.8. The minimum Gasteiger partial charge on any atom is -0.478 e. The van der Waals surface area contributed by atoms with Crippen molar-refractivity contribution in [3.05, 3.63) is 28.8 Å². The summed E-state index contributed by atoms with van der Waals surface area (Å²) in [6, 6.07) is 3.62. The number of anilines is 1. The van der Waals surface area contributed by atoms with Gasteiger partial charge in [-0.05, 0) is 31.0 Å². The first-order valence-corrected chi connectivity index (χ1v) is 5.17.